The summed E-state index contributed by atoms with van der Waals surface area (Å²) in [4.78, 5) is 2.46. The maximum atomic E-state index is 14.9. The van der Waals surface area contributed by atoms with E-state index in [1.54, 1.807) is 18.2 Å². The van der Waals surface area contributed by atoms with Crippen molar-refractivity contribution in [1.29, 1.82) is 0 Å². The molecule has 1 fully saturated rings. The number of hydrogen-bond acceptors (Lipinski definition) is 4. The van der Waals surface area contributed by atoms with E-state index < -0.39 is 17.7 Å². The molecule has 2 heterocycles. The molecule has 1 saturated heterocycles. The fourth-order valence-electron chi connectivity index (χ4n) is 5.16. The van der Waals surface area contributed by atoms with Crippen LogP contribution in [-0.4, -0.2) is 35.7 Å². The van der Waals surface area contributed by atoms with Crippen LogP contribution >= 0.6 is 0 Å². The molecule has 0 aromatic heterocycles. The molecule has 0 radical (unpaired) electrons. The molecule has 3 aromatic carbocycles. The SMILES string of the molecule is CC1=C(c2ccc(F)cc2F)C(c2ccc(OCC(C)N3CCC(C)C3)cc2)Oc2ccc(O)cc21. The molecule has 3 unspecified atom stereocenters. The van der Waals surface area contributed by atoms with Crippen LogP contribution in [0.25, 0.3) is 11.1 Å². The van der Waals surface area contributed by atoms with Gasteiger partial charge in [0.2, 0.25) is 0 Å². The lowest BCUT2D eigenvalue weighted by Gasteiger charge is -2.31. The number of allylic oxidation sites excluding steroid dienone is 1. The molecule has 6 heteroatoms. The Morgan fingerprint density at radius 1 is 1.06 bits per heavy atom. The fourth-order valence-corrected chi connectivity index (χ4v) is 5.16. The number of halogens is 2. The fraction of sp³-hybridized carbons (Fsp3) is 0.333. The van der Waals surface area contributed by atoms with Gasteiger partial charge in [0.1, 0.15) is 41.6 Å². The highest BCUT2D eigenvalue weighted by Crippen LogP contribution is 2.48. The van der Waals surface area contributed by atoms with E-state index in [-0.39, 0.29) is 11.3 Å². The van der Waals surface area contributed by atoms with E-state index in [2.05, 4.69) is 18.7 Å². The van der Waals surface area contributed by atoms with Gasteiger partial charge in [0.15, 0.2) is 0 Å². The Labute approximate surface area is 210 Å². The van der Waals surface area contributed by atoms with Crippen LogP contribution in [0, 0.1) is 17.6 Å². The molecule has 2 aliphatic rings. The summed E-state index contributed by atoms with van der Waals surface area (Å²) in [7, 11) is 0. The standard InChI is InChI=1S/C30H31F2NO3/c1-18-12-13-33(16-18)19(2)17-35-24-8-4-21(5-9-24)30-29(25-10-6-22(31)14-27(25)32)20(3)26-15-23(34)7-11-28(26)36-30/h4-11,14-15,18-19,30,34H,12-13,16-17H2,1-3H3. The summed E-state index contributed by atoms with van der Waals surface area (Å²) in [5.74, 6) is 0.873. The zero-order valence-corrected chi connectivity index (χ0v) is 20.8. The molecule has 5 rings (SSSR count). The molecule has 3 aromatic rings. The van der Waals surface area contributed by atoms with E-state index in [4.69, 9.17) is 9.47 Å². The second kappa shape index (κ2) is 9.94. The third kappa shape index (κ3) is 4.82. The molecule has 0 aliphatic carbocycles. The van der Waals surface area contributed by atoms with Gasteiger partial charge in [-0.2, -0.15) is 0 Å². The molecule has 2 aliphatic heterocycles. The van der Waals surface area contributed by atoms with Crippen LogP contribution in [-0.2, 0) is 0 Å². The van der Waals surface area contributed by atoms with Crippen LogP contribution in [0.2, 0.25) is 0 Å². The van der Waals surface area contributed by atoms with Crippen molar-refractivity contribution in [3.05, 3.63) is 89.0 Å². The van der Waals surface area contributed by atoms with Gasteiger partial charge in [-0.05, 0) is 86.3 Å². The summed E-state index contributed by atoms with van der Waals surface area (Å²) < 4.78 is 41.0. The first-order valence-electron chi connectivity index (χ1n) is 12.4. The van der Waals surface area contributed by atoms with E-state index in [0.29, 0.717) is 29.5 Å². The van der Waals surface area contributed by atoms with Gasteiger partial charge >= 0.3 is 0 Å². The number of nitrogens with zero attached hydrogens (tertiary/aromatic N) is 1. The lowest BCUT2D eigenvalue weighted by Crippen LogP contribution is -2.35. The number of fused-ring (bicyclic) bond motifs is 1. The van der Waals surface area contributed by atoms with Gasteiger partial charge in [-0.25, -0.2) is 8.78 Å². The largest absolute Gasteiger partial charge is 0.508 e. The van der Waals surface area contributed by atoms with E-state index in [1.807, 2.05) is 31.2 Å². The highest BCUT2D eigenvalue weighted by molar-refractivity contribution is 5.95. The maximum absolute atomic E-state index is 14.9. The summed E-state index contributed by atoms with van der Waals surface area (Å²) in [5.41, 5.74) is 3.12. The van der Waals surface area contributed by atoms with E-state index in [9.17, 15) is 13.9 Å². The highest BCUT2D eigenvalue weighted by Gasteiger charge is 2.31. The van der Waals surface area contributed by atoms with Crippen LogP contribution in [0.3, 0.4) is 0 Å². The molecule has 188 valence electrons. The Balaban J connectivity index is 1.43. The van der Waals surface area contributed by atoms with Crippen molar-refractivity contribution in [2.45, 2.75) is 39.3 Å². The van der Waals surface area contributed by atoms with Crippen molar-refractivity contribution in [3.8, 4) is 17.2 Å². The van der Waals surface area contributed by atoms with Crippen LogP contribution in [0.1, 0.15) is 50.0 Å². The third-order valence-electron chi connectivity index (χ3n) is 7.25. The molecule has 4 nitrogen and oxygen atoms in total. The van der Waals surface area contributed by atoms with Gasteiger partial charge in [-0.1, -0.05) is 19.1 Å². The average molecular weight is 492 g/mol. The van der Waals surface area contributed by atoms with Gasteiger partial charge in [-0.15, -0.1) is 0 Å². The maximum Gasteiger partial charge on any atom is 0.150 e. The second-order valence-electron chi connectivity index (χ2n) is 9.96. The monoisotopic (exact) mass is 491 g/mol. The normalized spacial score (nSPS) is 20.7. The van der Waals surface area contributed by atoms with Gasteiger partial charge in [0.05, 0.1) is 0 Å². The first-order chi connectivity index (χ1) is 17.3. The van der Waals surface area contributed by atoms with E-state index in [1.165, 1.54) is 18.6 Å². The molecule has 0 spiro atoms. The van der Waals surface area contributed by atoms with Gasteiger partial charge in [0.25, 0.3) is 0 Å². The summed E-state index contributed by atoms with van der Waals surface area (Å²) in [6.45, 7) is 9.16. The van der Waals surface area contributed by atoms with Crippen LogP contribution in [0.4, 0.5) is 8.78 Å². The zero-order chi connectivity index (χ0) is 25.4. The van der Waals surface area contributed by atoms with E-state index >= 15 is 0 Å². The predicted molar refractivity (Wildman–Crippen MR) is 137 cm³/mol. The summed E-state index contributed by atoms with van der Waals surface area (Å²) in [6, 6.07) is 16.4. The zero-order valence-electron chi connectivity index (χ0n) is 20.8. The topological polar surface area (TPSA) is 41.9 Å². The van der Waals surface area contributed by atoms with Crippen molar-refractivity contribution in [1.82, 2.24) is 4.90 Å². The van der Waals surface area contributed by atoms with Crippen LogP contribution in [0.5, 0.6) is 17.2 Å². The molecular weight excluding hydrogens is 460 g/mol. The Kier molecular flexibility index (Phi) is 6.71. The molecular formula is C30H31F2NO3. The minimum absolute atomic E-state index is 0.0909. The number of phenols is 1. The molecule has 0 amide bonds. The third-order valence-corrected chi connectivity index (χ3v) is 7.25. The molecule has 3 atom stereocenters. The van der Waals surface area contributed by atoms with E-state index in [0.717, 1.165) is 42.0 Å². The Morgan fingerprint density at radius 2 is 1.83 bits per heavy atom. The molecule has 0 bridgehead atoms. The van der Waals surface area contributed by atoms with Crippen molar-refractivity contribution >= 4 is 11.1 Å². The Hall–Kier alpha value is -3.38. The first-order valence-corrected chi connectivity index (χ1v) is 12.4. The van der Waals surface area contributed by atoms with Crippen LogP contribution in [0.15, 0.2) is 60.7 Å². The highest BCUT2D eigenvalue weighted by atomic mass is 19.1. The second-order valence-corrected chi connectivity index (χ2v) is 9.96. The Bertz CT molecular complexity index is 1290. The van der Waals surface area contributed by atoms with Crippen molar-refractivity contribution in [2.24, 2.45) is 5.92 Å². The van der Waals surface area contributed by atoms with Gasteiger partial charge in [0, 0.05) is 35.4 Å². The molecule has 36 heavy (non-hydrogen) atoms. The lowest BCUT2D eigenvalue weighted by atomic mass is 9.86. The molecule has 0 saturated carbocycles. The van der Waals surface area contributed by atoms with Crippen molar-refractivity contribution in [3.63, 3.8) is 0 Å². The first kappa shape index (κ1) is 24.3. The molecule has 1 N–H and O–H groups in total. The number of aromatic hydroxyl groups is 1. The number of ether oxygens (including phenoxy) is 2. The quantitative estimate of drug-likeness (QED) is 0.410. The smallest absolute Gasteiger partial charge is 0.150 e. The Morgan fingerprint density at radius 3 is 2.53 bits per heavy atom. The number of likely N-dealkylation sites (tertiary alicyclic amines) is 1. The minimum atomic E-state index is -0.660. The number of phenolic OH excluding ortho intramolecular Hbond substituents is 1. The summed E-state index contributed by atoms with van der Waals surface area (Å²) in [5, 5.41) is 10.0. The number of hydrogen-bond donors (Lipinski definition) is 1. The minimum Gasteiger partial charge on any atom is -0.508 e. The summed E-state index contributed by atoms with van der Waals surface area (Å²) >= 11 is 0. The van der Waals surface area contributed by atoms with Crippen molar-refractivity contribution < 1.29 is 23.4 Å². The van der Waals surface area contributed by atoms with Crippen molar-refractivity contribution in [2.75, 3.05) is 19.7 Å². The number of benzene rings is 3. The summed E-state index contributed by atoms with van der Waals surface area (Å²) in [6.07, 6.45) is 0.619. The predicted octanol–water partition coefficient (Wildman–Crippen LogP) is 6.84. The van der Waals surface area contributed by atoms with Crippen LogP contribution < -0.4 is 9.47 Å². The lowest BCUT2D eigenvalue weighted by molar-refractivity contribution is 0.169. The average Bonchev–Trinajstić information content (AvgIpc) is 3.30. The van der Waals surface area contributed by atoms with Gasteiger partial charge in [-0.3, -0.25) is 4.90 Å². The van der Waals surface area contributed by atoms with Gasteiger partial charge < -0.3 is 14.6 Å². The number of rotatable bonds is 6.